The molecule has 0 bridgehead atoms. The van der Waals surface area contributed by atoms with E-state index in [2.05, 4.69) is 0 Å². The summed E-state index contributed by atoms with van der Waals surface area (Å²) in [5.74, 6) is -1.35. The van der Waals surface area contributed by atoms with Crippen LogP contribution in [0.25, 0.3) is 0 Å². The maximum absolute atomic E-state index is 11.2. The topological polar surface area (TPSA) is 78.9 Å². The van der Waals surface area contributed by atoms with Crippen LogP contribution in [0.3, 0.4) is 0 Å². The van der Waals surface area contributed by atoms with Crippen molar-refractivity contribution in [3.05, 3.63) is 12.2 Å². The van der Waals surface area contributed by atoms with Gasteiger partial charge in [-0.05, 0) is 13.3 Å². The highest BCUT2D eigenvalue weighted by Crippen LogP contribution is 2.21. The van der Waals surface area contributed by atoms with Crippen LogP contribution in [0.2, 0.25) is 12.1 Å². The van der Waals surface area contributed by atoms with Crippen LogP contribution < -0.4 is 0 Å². The molecule has 0 heterocycles. The molecule has 0 N–H and O–H groups in total. The fourth-order valence-electron chi connectivity index (χ4n) is 1.67. The van der Waals surface area contributed by atoms with Crippen molar-refractivity contribution < 1.29 is 28.0 Å². The van der Waals surface area contributed by atoms with E-state index in [-0.39, 0.29) is 6.61 Å². The van der Waals surface area contributed by atoms with Crippen molar-refractivity contribution in [2.24, 2.45) is 0 Å². The van der Waals surface area contributed by atoms with Gasteiger partial charge in [-0.25, -0.2) is 4.79 Å². The number of carbonyl (C=O) groups is 3. The standard InChI is InChI=1S/C13H22O6Si/c1-5-8-13(16)17-9-7-10-20(6-2,18-11(3)14)19-12(4)15/h5,8H,6-7,9-10H2,1-4H3. The zero-order valence-electron chi connectivity index (χ0n) is 12.4. The van der Waals surface area contributed by atoms with Crippen molar-refractivity contribution in [1.29, 1.82) is 0 Å². The van der Waals surface area contributed by atoms with E-state index < -0.39 is 26.5 Å². The lowest BCUT2D eigenvalue weighted by Gasteiger charge is -2.27. The van der Waals surface area contributed by atoms with Crippen LogP contribution in [0, 0.1) is 0 Å². The van der Waals surface area contributed by atoms with Gasteiger partial charge < -0.3 is 13.6 Å². The average Bonchev–Trinajstić information content (AvgIpc) is 2.33. The highest BCUT2D eigenvalue weighted by atomic mass is 28.4. The van der Waals surface area contributed by atoms with Gasteiger partial charge in [0.15, 0.2) is 0 Å². The first-order valence-electron chi connectivity index (χ1n) is 6.54. The van der Waals surface area contributed by atoms with Gasteiger partial charge in [0.25, 0.3) is 11.9 Å². The highest BCUT2D eigenvalue weighted by Gasteiger charge is 2.41. The maximum atomic E-state index is 11.2. The van der Waals surface area contributed by atoms with Gasteiger partial charge in [0.1, 0.15) is 0 Å². The maximum Gasteiger partial charge on any atom is 0.464 e. The summed E-state index contributed by atoms with van der Waals surface area (Å²) in [6, 6.07) is 0.876. The zero-order chi connectivity index (χ0) is 15.6. The molecule has 6 nitrogen and oxygen atoms in total. The van der Waals surface area contributed by atoms with Crippen LogP contribution in [0.4, 0.5) is 0 Å². The summed E-state index contributed by atoms with van der Waals surface area (Å²) in [7, 11) is -2.89. The second kappa shape index (κ2) is 9.30. The first-order valence-corrected chi connectivity index (χ1v) is 8.77. The molecule has 0 unspecified atom stereocenters. The van der Waals surface area contributed by atoms with Crippen molar-refractivity contribution in [3.63, 3.8) is 0 Å². The molecule has 0 aromatic carbocycles. The molecule has 114 valence electrons. The van der Waals surface area contributed by atoms with Gasteiger partial charge in [0.2, 0.25) is 0 Å². The number of allylic oxidation sites excluding steroid dienone is 1. The Balaban J connectivity index is 4.45. The number of carbonyl (C=O) groups excluding carboxylic acids is 3. The number of hydrogen-bond acceptors (Lipinski definition) is 6. The quantitative estimate of drug-likeness (QED) is 0.296. The Kier molecular flexibility index (Phi) is 8.54. The van der Waals surface area contributed by atoms with E-state index in [0.29, 0.717) is 18.5 Å². The van der Waals surface area contributed by atoms with Crippen molar-refractivity contribution in [1.82, 2.24) is 0 Å². The summed E-state index contributed by atoms with van der Waals surface area (Å²) in [5, 5.41) is 0. The van der Waals surface area contributed by atoms with Gasteiger partial charge in [-0.2, -0.15) is 0 Å². The van der Waals surface area contributed by atoms with E-state index in [0.717, 1.165) is 0 Å². The second-order valence-corrected chi connectivity index (χ2v) is 7.66. The van der Waals surface area contributed by atoms with Gasteiger partial charge in [-0.1, -0.05) is 13.0 Å². The van der Waals surface area contributed by atoms with Crippen LogP contribution >= 0.6 is 0 Å². The molecule has 0 saturated heterocycles. The minimum Gasteiger partial charge on any atom is -0.485 e. The van der Waals surface area contributed by atoms with Gasteiger partial charge in [0, 0.05) is 32.0 Å². The molecule has 7 heteroatoms. The molecule has 0 rings (SSSR count). The fraction of sp³-hybridized carbons (Fsp3) is 0.615. The number of rotatable bonds is 8. The Hall–Kier alpha value is -1.63. The minimum absolute atomic E-state index is 0.195. The molecular formula is C13H22O6Si. The third-order valence-corrected chi connectivity index (χ3v) is 5.96. The molecule has 0 fully saturated rings. The van der Waals surface area contributed by atoms with E-state index in [4.69, 9.17) is 13.6 Å². The predicted octanol–water partition coefficient (Wildman–Crippen LogP) is 2.08. The van der Waals surface area contributed by atoms with Crippen molar-refractivity contribution in [3.8, 4) is 0 Å². The Bertz CT molecular complexity index is 361. The molecule has 0 saturated carbocycles. The van der Waals surface area contributed by atoms with E-state index in [9.17, 15) is 14.4 Å². The number of hydrogen-bond donors (Lipinski definition) is 0. The van der Waals surface area contributed by atoms with E-state index in [1.54, 1.807) is 13.0 Å². The normalized spacial score (nSPS) is 11.2. The Morgan fingerprint density at radius 1 is 1.10 bits per heavy atom. The molecule has 0 atom stereocenters. The molecule has 0 aliphatic heterocycles. The highest BCUT2D eigenvalue weighted by molar-refractivity contribution is 6.70. The molecule has 0 aliphatic carbocycles. The largest absolute Gasteiger partial charge is 0.485 e. The van der Waals surface area contributed by atoms with Crippen molar-refractivity contribution >= 4 is 26.5 Å². The summed E-state index contributed by atoms with van der Waals surface area (Å²) in [6.45, 7) is 6.29. The van der Waals surface area contributed by atoms with Crippen LogP contribution in [-0.4, -0.2) is 33.1 Å². The third kappa shape index (κ3) is 7.73. The second-order valence-electron chi connectivity index (χ2n) is 4.22. The molecule has 0 aliphatic rings. The first kappa shape index (κ1) is 18.4. The summed E-state index contributed by atoms with van der Waals surface area (Å²) in [4.78, 5) is 33.4. The van der Waals surface area contributed by atoms with Crippen LogP contribution in [0.1, 0.15) is 34.1 Å². The number of ether oxygens (including phenoxy) is 1. The lowest BCUT2D eigenvalue weighted by Crippen LogP contribution is -2.44. The van der Waals surface area contributed by atoms with Gasteiger partial charge in [0.05, 0.1) is 6.61 Å². The molecule has 0 spiro atoms. The van der Waals surface area contributed by atoms with Gasteiger partial charge in [-0.15, -0.1) is 0 Å². The predicted molar refractivity (Wildman–Crippen MR) is 75.0 cm³/mol. The third-order valence-electron chi connectivity index (χ3n) is 2.45. The van der Waals surface area contributed by atoms with E-state index in [1.165, 1.54) is 19.9 Å². The summed E-state index contributed by atoms with van der Waals surface area (Å²) < 4.78 is 15.5. The van der Waals surface area contributed by atoms with Gasteiger partial charge >= 0.3 is 14.5 Å². The SMILES string of the molecule is CC=CC(=O)OCCC[Si](CC)(OC(C)=O)OC(C)=O. The fourth-order valence-corrected chi connectivity index (χ4v) is 4.29. The van der Waals surface area contributed by atoms with Crippen LogP contribution in [0.15, 0.2) is 12.2 Å². The summed E-state index contributed by atoms with van der Waals surface area (Å²) in [5.41, 5.74) is 0. The van der Waals surface area contributed by atoms with Crippen LogP contribution in [0.5, 0.6) is 0 Å². The molecule has 20 heavy (non-hydrogen) atoms. The van der Waals surface area contributed by atoms with Crippen LogP contribution in [-0.2, 0) is 28.0 Å². The summed E-state index contributed by atoms with van der Waals surface area (Å²) >= 11 is 0. The minimum atomic E-state index is -2.89. The summed E-state index contributed by atoms with van der Waals surface area (Å²) in [6.07, 6.45) is 3.39. The molecule has 0 amide bonds. The molecular weight excluding hydrogens is 280 g/mol. The number of esters is 1. The lowest BCUT2D eigenvalue weighted by atomic mass is 10.5. The van der Waals surface area contributed by atoms with Crippen molar-refractivity contribution in [2.45, 2.75) is 46.2 Å². The average molecular weight is 302 g/mol. The molecule has 0 aromatic rings. The van der Waals surface area contributed by atoms with Crippen molar-refractivity contribution in [2.75, 3.05) is 6.61 Å². The Labute approximate surface area is 120 Å². The zero-order valence-corrected chi connectivity index (χ0v) is 13.4. The monoisotopic (exact) mass is 302 g/mol. The molecule has 0 aromatic heterocycles. The van der Waals surface area contributed by atoms with E-state index >= 15 is 0 Å². The molecule has 0 radical (unpaired) electrons. The lowest BCUT2D eigenvalue weighted by molar-refractivity contribution is -0.140. The van der Waals surface area contributed by atoms with E-state index in [1.807, 2.05) is 6.92 Å². The first-order chi connectivity index (χ1) is 9.35. The Morgan fingerprint density at radius 3 is 2.05 bits per heavy atom. The Morgan fingerprint density at radius 2 is 1.65 bits per heavy atom. The smallest absolute Gasteiger partial charge is 0.464 e. The van der Waals surface area contributed by atoms with Gasteiger partial charge in [-0.3, -0.25) is 9.59 Å².